The average Bonchev–Trinajstić information content (AvgIpc) is 2.31. The Balaban J connectivity index is 3.46. The van der Waals surface area contributed by atoms with Gasteiger partial charge in [0, 0.05) is 0 Å². The van der Waals surface area contributed by atoms with E-state index >= 15 is 0 Å². The summed E-state index contributed by atoms with van der Waals surface area (Å²) in [5.41, 5.74) is 0. The van der Waals surface area contributed by atoms with Crippen LogP contribution < -0.4 is 0 Å². The van der Waals surface area contributed by atoms with Gasteiger partial charge in [-0.05, 0) is 31.6 Å². The molecule has 0 heterocycles. The van der Waals surface area contributed by atoms with Gasteiger partial charge in [-0.3, -0.25) is 0 Å². The predicted molar refractivity (Wildman–Crippen MR) is 75.7 cm³/mol. The first-order valence-corrected chi connectivity index (χ1v) is 7.12. The third-order valence-corrected chi connectivity index (χ3v) is 3.11. The van der Waals surface area contributed by atoms with Gasteiger partial charge in [-0.15, -0.1) is 6.58 Å². The summed E-state index contributed by atoms with van der Waals surface area (Å²) in [4.78, 5) is 0. The van der Waals surface area contributed by atoms with E-state index in [1.165, 1.54) is 57.8 Å². The third-order valence-electron chi connectivity index (χ3n) is 3.11. The monoisotopic (exact) mass is 222 g/mol. The molecule has 0 N–H and O–H groups in total. The molecule has 0 bridgehead atoms. The van der Waals surface area contributed by atoms with Crippen LogP contribution in [0.4, 0.5) is 0 Å². The van der Waals surface area contributed by atoms with Crippen LogP contribution in [0.5, 0.6) is 0 Å². The maximum Gasteiger partial charge on any atom is -0.0233 e. The van der Waals surface area contributed by atoms with Gasteiger partial charge in [0.05, 0.1) is 0 Å². The second kappa shape index (κ2) is 12.5. The molecular weight excluding hydrogens is 192 g/mol. The van der Waals surface area contributed by atoms with Crippen LogP contribution in [0.1, 0.15) is 71.6 Å². The topological polar surface area (TPSA) is 0 Å². The summed E-state index contributed by atoms with van der Waals surface area (Å²) in [7, 11) is 0. The molecular formula is C16H30. The average molecular weight is 222 g/mol. The quantitative estimate of drug-likeness (QED) is 0.302. The van der Waals surface area contributed by atoms with E-state index in [-0.39, 0.29) is 0 Å². The van der Waals surface area contributed by atoms with Gasteiger partial charge in [-0.1, -0.05) is 64.2 Å². The molecule has 0 aromatic rings. The van der Waals surface area contributed by atoms with E-state index in [1.807, 2.05) is 0 Å². The van der Waals surface area contributed by atoms with Crippen molar-refractivity contribution in [1.82, 2.24) is 0 Å². The SMILES string of the molecule is C=CC(CCC=CCCCC)CCCCC. The largest absolute Gasteiger partial charge is 0.103 e. The standard InChI is InChI=1S/C16H30/c1-4-7-9-10-11-13-15-16(6-3)14-12-8-5-2/h6,10-11,16H,3-5,7-9,12-15H2,1-2H3. The number of unbranched alkanes of at least 4 members (excludes halogenated alkanes) is 4. The fraction of sp³-hybridized carbons (Fsp3) is 0.750. The third kappa shape index (κ3) is 10.0. The lowest BCUT2D eigenvalue weighted by Gasteiger charge is -2.10. The van der Waals surface area contributed by atoms with E-state index in [0.717, 1.165) is 5.92 Å². The molecule has 0 nitrogen and oxygen atoms in total. The Labute approximate surface area is 103 Å². The van der Waals surface area contributed by atoms with Crippen LogP contribution in [-0.2, 0) is 0 Å². The second-order valence-electron chi connectivity index (χ2n) is 4.68. The minimum absolute atomic E-state index is 0.738. The second-order valence-corrected chi connectivity index (χ2v) is 4.68. The molecule has 0 radical (unpaired) electrons. The van der Waals surface area contributed by atoms with Crippen LogP contribution in [0.25, 0.3) is 0 Å². The van der Waals surface area contributed by atoms with E-state index in [4.69, 9.17) is 0 Å². The van der Waals surface area contributed by atoms with Crippen LogP contribution in [0.15, 0.2) is 24.8 Å². The molecule has 0 aliphatic carbocycles. The van der Waals surface area contributed by atoms with Crippen molar-refractivity contribution in [1.29, 1.82) is 0 Å². The van der Waals surface area contributed by atoms with Gasteiger partial charge in [0.1, 0.15) is 0 Å². The summed E-state index contributed by atoms with van der Waals surface area (Å²) in [5.74, 6) is 0.738. The van der Waals surface area contributed by atoms with Crippen LogP contribution in [0.3, 0.4) is 0 Å². The Morgan fingerprint density at radius 3 is 2.19 bits per heavy atom. The van der Waals surface area contributed by atoms with Crippen molar-refractivity contribution in [3.05, 3.63) is 24.8 Å². The smallest absolute Gasteiger partial charge is 0.0233 e. The zero-order chi connectivity index (χ0) is 12.1. The predicted octanol–water partition coefficient (Wildman–Crippen LogP) is 5.90. The fourth-order valence-electron chi connectivity index (χ4n) is 1.90. The van der Waals surface area contributed by atoms with Crippen molar-refractivity contribution < 1.29 is 0 Å². The van der Waals surface area contributed by atoms with Crippen molar-refractivity contribution >= 4 is 0 Å². The summed E-state index contributed by atoms with van der Waals surface area (Å²) in [6.45, 7) is 8.45. The summed E-state index contributed by atoms with van der Waals surface area (Å²) in [6.07, 6.45) is 18.6. The number of allylic oxidation sites excluding steroid dienone is 3. The van der Waals surface area contributed by atoms with Gasteiger partial charge < -0.3 is 0 Å². The normalized spacial score (nSPS) is 13.1. The molecule has 0 amide bonds. The molecule has 1 unspecified atom stereocenters. The van der Waals surface area contributed by atoms with Gasteiger partial charge in [0.25, 0.3) is 0 Å². The summed E-state index contributed by atoms with van der Waals surface area (Å²) >= 11 is 0. The zero-order valence-electron chi connectivity index (χ0n) is 11.4. The Kier molecular flexibility index (Phi) is 12.1. The van der Waals surface area contributed by atoms with Crippen LogP contribution in [0.2, 0.25) is 0 Å². The highest BCUT2D eigenvalue weighted by atomic mass is 14.1. The molecule has 0 aromatic carbocycles. The molecule has 0 aromatic heterocycles. The molecule has 0 aliphatic rings. The first kappa shape index (κ1) is 15.5. The first-order valence-electron chi connectivity index (χ1n) is 7.12. The molecule has 94 valence electrons. The molecule has 0 saturated heterocycles. The van der Waals surface area contributed by atoms with Crippen molar-refractivity contribution in [2.75, 3.05) is 0 Å². The van der Waals surface area contributed by atoms with E-state index in [9.17, 15) is 0 Å². The van der Waals surface area contributed by atoms with E-state index in [2.05, 4.69) is 38.7 Å². The highest BCUT2D eigenvalue weighted by molar-refractivity contribution is 4.86. The number of rotatable bonds is 11. The van der Waals surface area contributed by atoms with Gasteiger partial charge in [-0.25, -0.2) is 0 Å². The lowest BCUT2D eigenvalue weighted by atomic mass is 9.96. The fourth-order valence-corrected chi connectivity index (χ4v) is 1.90. The van der Waals surface area contributed by atoms with Crippen molar-refractivity contribution in [3.63, 3.8) is 0 Å². The molecule has 0 fully saturated rings. The Hall–Kier alpha value is -0.520. The lowest BCUT2D eigenvalue weighted by Crippen LogP contribution is -1.95. The van der Waals surface area contributed by atoms with Crippen LogP contribution >= 0.6 is 0 Å². The Bertz CT molecular complexity index is 167. The van der Waals surface area contributed by atoms with Crippen LogP contribution in [0, 0.1) is 5.92 Å². The number of hydrogen-bond donors (Lipinski definition) is 0. The highest BCUT2D eigenvalue weighted by Gasteiger charge is 2.01. The summed E-state index contributed by atoms with van der Waals surface area (Å²) < 4.78 is 0. The highest BCUT2D eigenvalue weighted by Crippen LogP contribution is 2.17. The molecule has 0 aliphatic heterocycles. The summed E-state index contributed by atoms with van der Waals surface area (Å²) in [6, 6.07) is 0. The summed E-state index contributed by atoms with van der Waals surface area (Å²) in [5, 5.41) is 0. The number of hydrogen-bond acceptors (Lipinski definition) is 0. The molecule has 16 heavy (non-hydrogen) atoms. The van der Waals surface area contributed by atoms with Crippen molar-refractivity contribution in [2.24, 2.45) is 5.92 Å². The Morgan fingerprint density at radius 1 is 0.875 bits per heavy atom. The van der Waals surface area contributed by atoms with E-state index in [0.29, 0.717) is 0 Å². The van der Waals surface area contributed by atoms with Crippen molar-refractivity contribution in [2.45, 2.75) is 71.6 Å². The maximum atomic E-state index is 3.94. The molecule has 1 atom stereocenters. The first-order chi connectivity index (χ1) is 7.85. The van der Waals surface area contributed by atoms with Gasteiger partial charge in [0.15, 0.2) is 0 Å². The molecule has 0 saturated carbocycles. The minimum atomic E-state index is 0.738. The maximum absolute atomic E-state index is 3.94. The van der Waals surface area contributed by atoms with E-state index < -0.39 is 0 Å². The lowest BCUT2D eigenvalue weighted by molar-refractivity contribution is 0.512. The van der Waals surface area contributed by atoms with Crippen molar-refractivity contribution in [3.8, 4) is 0 Å². The van der Waals surface area contributed by atoms with Gasteiger partial charge in [-0.2, -0.15) is 0 Å². The molecule has 0 spiro atoms. The molecule has 0 heteroatoms. The van der Waals surface area contributed by atoms with Crippen LogP contribution in [-0.4, -0.2) is 0 Å². The van der Waals surface area contributed by atoms with Gasteiger partial charge >= 0.3 is 0 Å². The molecule has 0 rings (SSSR count). The minimum Gasteiger partial charge on any atom is -0.103 e. The zero-order valence-corrected chi connectivity index (χ0v) is 11.4. The van der Waals surface area contributed by atoms with E-state index in [1.54, 1.807) is 0 Å². The Morgan fingerprint density at radius 2 is 1.56 bits per heavy atom. The van der Waals surface area contributed by atoms with Gasteiger partial charge in [0.2, 0.25) is 0 Å².